The standard InChI is InChI=1S/C19H16FN3O2/c20-14-4-2-6-17(10-14)25-16-5-1-3-13(9-16)12-23-15-7-8-22-18(11-15)19(21)24/h1-11H,12H2,(H2,21,24)(H,22,23). The Bertz CT molecular complexity index is 899. The van der Waals surface area contributed by atoms with Crippen LogP contribution in [0.1, 0.15) is 16.1 Å². The summed E-state index contributed by atoms with van der Waals surface area (Å²) in [4.78, 5) is 15.1. The summed E-state index contributed by atoms with van der Waals surface area (Å²) in [5.74, 6) is 0.121. The molecule has 0 spiro atoms. The molecule has 0 aliphatic carbocycles. The fraction of sp³-hybridized carbons (Fsp3) is 0.0526. The zero-order valence-electron chi connectivity index (χ0n) is 13.3. The monoisotopic (exact) mass is 337 g/mol. The fourth-order valence-corrected chi connectivity index (χ4v) is 2.26. The number of hydrogen-bond acceptors (Lipinski definition) is 4. The van der Waals surface area contributed by atoms with Crippen molar-refractivity contribution in [2.24, 2.45) is 5.73 Å². The summed E-state index contributed by atoms with van der Waals surface area (Å²) in [5.41, 5.74) is 7.12. The molecule has 0 aliphatic heterocycles. The molecule has 0 bridgehead atoms. The smallest absolute Gasteiger partial charge is 0.267 e. The second-order valence-corrected chi connectivity index (χ2v) is 5.35. The van der Waals surface area contributed by atoms with E-state index in [2.05, 4.69) is 10.3 Å². The van der Waals surface area contributed by atoms with E-state index in [1.165, 1.54) is 18.3 Å². The number of ether oxygens (including phenoxy) is 1. The zero-order chi connectivity index (χ0) is 17.6. The summed E-state index contributed by atoms with van der Waals surface area (Å²) in [7, 11) is 0. The van der Waals surface area contributed by atoms with E-state index in [1.807, 2.05) is 18.2 Å². The van der Waals surface area contributed by atoms with Gasteiger partial charge in [0, 0.05) is 24.5 Å². The van der Waals surface area contributed by atoms with Crippen molar-refractivity contribution in [2.75, 3.05) is 5.32 Å². The molecule has 0 saturated heterocycles. The van der Waals surface area contributed by atoms with Crippen molar-refractivity contribution in [1.29, 1.82) is 0 Å². The van der Waals surface area contributed by atoms with Crippen molar-refractivity contribution in [3.05, 3.63) is 83.9 Å². The van der Waals surface area contributed by atoms with Gasteiger partial charge in [-0.25, -0.2) is 4.39 Å². The Morgan fingerprint density at radius 2 is 1.84 bits per heavy atom. The largest absolute Gasteiger partial charge is 0.457 e. The second kappa shape index (κ2) is 7.44. The Hall–Kier alpha value is -3.41. The molecule has 0 aliphatic rings. The first-order valence-electron chi connectivity index (χ1n) is 7.62. The molecule has 25 heavy (non-hydrogen) atoms. The number of rotatable bonds is 6. The van der Waals surface area contributed by atoms with E-state index >= 15 is 0 Å². The van der Waals surface area contributed by atoms with Gasteiger partial charge in [0.1, 0.15) is 23.0 Å². The van der Waals surface area contributed by atoms with Crippen LogP contribution in [0.5, 0.6) is 11.5 Å². The van der Waals surface area contributed by atoms with Gasteiger partial charge in [0.25, 0.3) is 5.91 Å². The molecule has 126 valence electrons. The van der Waals surface area contributed by atoms with E-state index in [0.29, 0.717) is 18.0 Å². The van der Waals surface area contributed by atoms with Gasteiger partial charge in [-0.05, 0) is 42.0 Å². The molecular weight excluding hydrogens is 321 g/mol. The van der Waals surface area contributed by atoms with Gasteiger partial charge in [-0.1, -0.05) is 18.2 Å². The molecule has 1 amide bonds. The van der Waals surface area contributed by atoms with Gasteiger partial charge >= 0.3 is 0 Å². The van der Waals surface area contributed by atoms with Crippen molar-refractivity contribution >= 4 is 11.6 Å². The van der Waals surface area contributed by atoms with Crippen molar-refractivity contribution in [2.45, 2.75) is 6.54 Å². The van der Waals surface area contributed by atoms with E-state index in [4.69, 9.17) is 10.5 Å². The SMILES string of the molecule is NC(=O)c1cc(NCc2cccc(Oc3cccc(F)c3)c2)ccn1. The lowest BCUT2D eigenvalue weighted by Crippen LogP contribution is -2.13. The predicted molar refractivity (Wildman–Crippen MR) is 93.0 cm³/mol. The van der Waals surface area contributed by atoms with Crippen molar-refractivity contribution in [3.8, 4) is 11.5 Å². The van der Waals surface area contributed by atoms with Crippen LogP contribution in [0, 0.1) is 5.82 Å². The van der Waals surface area contributed by atoms with Gasteiger partial charge in [-0.15, -0.1) is 0 Å². The maximum atomic E-state index is 13.2. The number of anilines is 1. The molecule has 1 heterocycles. The van der Waals surface area contributed by atoms with Crippen LogP contribution in [0.4, 0.5) is 10.1 Å². The summed E-state index contributed by atoms with van der Waals surface area (Å²) in [6.45, 7) is 0.516. The molecule has 1 aromatic heterocycles. The lowest BCUT2D eigenvalue weighted by Gasteiger charge is -2.10. The minimum absolute atomic E-state index is 0.202. The Balaban J connectivity index is 1.67. The number of benzene rings is 2. The summed E-state index contributed by atoms with van der Waals surface area (Å²) < 4.78 is 18.9. The number of amides is 1. The number of primary amides is 1. The fourth-order valence-electron chi connectivity index (χ4n) is 2.26. The average Bonchev–Trinajstić information content (AvgIpc) is 2.60. The third-order valence-corrected chi connectivity index (χ3v) is 3.44. The first-order valence-corrected chi connectivity index (χ1v) is 7.62. The van der Waals surface area contributed by atoms with E-state index in [-0.39, 0.29) is 11.5 Å². The minimum Gasteiger partial charge on any atom is -0.457 e. The van der Waals surface area contributed by atoms with Gasteiger partial charge in [-0.2, -0.15) is 0 Å². The Labute approximate surface area is 144 Å². The number of hydrogen-bond donors (Lipinski definition) is 2. The van der Waals surface area contributed by atoms with Crippen LogP contribution in [0.3, 0.4) is 0 Å². The van der Waals surface area contributed by atoms with E-state index in [9.17, 15) is 9.18 Å². The highest BCUT2D eigenvalue weighted by Crippen LogP contribution is 2.23. The van der Waals surface area contributed by atoms with Gasteiger partial charge < -0.3 is 15.8 Å². The minimum atomic E-state index is -0.575. The number of nitrogens with two attached hydrogens (primary N) is 1. The van der Waals surface area contributed by atoms with Crippen LogP contribution in [0.25, 0.3) is 0 Å². The van der Waals surface area contributed by atoms with Gasteiger partial charge in [0.15, 0.2) is 0 Å². The molecule has 5 nitrogen and oxygen atoms in total. The maximum Gasteiger partial charge on any atom is 0.267 e. The van der Waals surface area contributed by atoms with Gasteiger partial charge in [-0.3, -0.25) is 9.78 Å². The number of nitrogens with zero attached hydrogens (tertiary/aromatic N) is 1. The first-order chi connectivity index (χ1) is 12.1. The third-order valence-electron chi connectivity index (χ3n) is 3.44. The lowest BCUT2D eigenvalue weighted by molar-refractivity contribution is 0.0995. The summed E-state index contributed by atoms with van der Waals surface area (Å²) >= 11 is 0. The molecule has 0 unspecified atom stereocenters. The van der Waals surface area contributed by atoms with Gasteiger partial charge in [0.05, 0.1) is 0 Å². The molecule has 6 heteroatoms. The predicted octanol–water partition coefficient (Wildman–Crippen LogP) is 3.72. The molecule has 3 N–H and O–H groups in total. The molecule has 0 atom stereocenters. The summed E-state index contributed by atoms with van der Waals surface area (Å²) in [5, 5.41) is 3.19. The van der Waals surface area contributed by atoms with E-state index in [0.717, 1.165) is 11.3 Å². The van der Waals surface area contributed by atoms with Crippen LogP contribution >= 0.6 is 0 Å². The molecule has 3 aromatic rings. The van der Waals surface area contributed by atoms with Crippen molar-refractivity contribution in [3.63, 3.8) is 0 Å². The number of aromatic nitrogens is 1. The molecule has 0 fully saturated rings. The van der Waals surface area contributed by atoms with E-state index in [1.54, 1.807) is 30.3 Å². The topological polar surface area (TPSA) is 77.2 Å². The summed E-state index contributed by atoms with van der Waals surface area (Å²) in [6.07, 6.45) is 1.52. The van der Waals surface area contributed by atoms with Crippen LogP contribution in [-0.4, -0.2) is 10.9 Å². The second-order valence-electron chi connectivity index (χ2n) is 5.35. The lowest BCUT2D eigenvalue weighted by atomic mass is 10.2. The average molecular weight is 337 g/mol. The number of pyridine rings is 1. The maximum absolute atomic E-state index is 13.2. The Morgan fingerprint density at radius 1 is 1.08 bits per heavy atom. The van der Waals surface area contributed by atoms with Crippen LogP contribution < -0.4 is 15.8 Å². The highest BCUT2D eigenvalue weighted by atomic mass is 19.1. The van der Waals surface area contributed by atoms with Gasteiger partial charge in [0.2, 0.25) is 0 Å². The highest BCUT2D eigenvalue weighted by Gasteiger charge is 2.04. The number of halogens is 1. The normalized spacial score (nSPS) is 10.3. The quantitative estimate of drug-likeness (QED) is 0.718. The third kappa shape index (κ3) is 4.54. The van der Waals surface area contributed by atoms with Crippen LogP contribution in [-0.2, 0) is 6.54 Å². The molecular formula is C19H16FN3O2. The van der Waals surface area contributed by atoms with Crippen LogP contribution in [0.2, 0.25) is 0 Å². The zero-order valence-corrected chi connectivity index (χ0v) is 13.3. The van der Waals surface area contributed by atoms with Crippen LogP contribution in [0.15, 0.2) is 66.9 Å². The first kappa shape index (κ1) is 16.4. The van der Waals surface area contributed by atoms with Crippen molar-refractivity contribution < 1.29 is 13.9 Å². The molecule has 0 radical (unpaired) electrons. The number of nitrogens with one attached hydrogen (secondary N) is 1. The highest BCUT2D eigenvalue weighted by molar-refractivity contribution is 5.91. The number of carbonyl (C=O) groups excluding carboxylic acids is 1. The summed E-state index contributed by atoms with van der Waals surface area (Å²) in [6, 6.07) is 16.8. The van der Waals surface area contributed by atoms with E-state index < -0.39 is 5.91 Å². The molecule has 0 saturated carbocycles. The Kier molecular flexibility index (Phi) is 4.89. The Morgan fingerprint density at radius 3 is 2.60 bits per heavy atom. The molecule has 2 aromatic carbocycles. The molecule has 3 rings (SSSR count). The number of carbonyl (C=O) groups is 1. The van der Waals surface area contributed by atoms with Crippen molar-refractivity contribution in [1.82, 2.24) is 4.98 Å².